The number of aliphatic hydroxyl groups excluding tert-OH is 1. The summed E-state index contributed by atoms with van der Waals surface area (Å²) in [5.74, 6) is -0.0625. The second-order valence-corrected chi connectivity index (χ2v) is 11.5. The zero-order valence-corrected chi connectivity index (χ0v) is 30.0. The molecule has 50 heavy (non-hydrogen) atoms. The number of pyridine rings is 3. The maximum atomic E-state index is 10.0. The maximum Gasteiger partial charge on any atom is 0.155 e. The first-order valence-corrected chi connectivity index (χ1v) is 15.9. The Morgan fingerprint density at radius 2 is 1.18 bits per heavy atom. The molecule has 0 spiro atoms. The van der Waals surface area contributed by atoms with E-state index in [9.17, 15) is 4.79 Å². The van der Waals surface area contributed by atoms with Crippen LogP contribution >= 0.6 is 0 Å². The van der Waals surface area contributed by atoms with Gasteiger partial charge >= 0.3 is 0 Å². The number of aromatic nitrogens is 3. The maximum absolute atomic E-state index is 10.0. The molecule has 3 aromatic heterocycles. The Labute approximate surface area is 306 Å². The summed E-state index contributed by atoms with van der Waals surface area (Å²) in [6, 6.07) is 51.4. The van der Waals surface area contributed by atoms with E-state index in [0.717, 1.165) is 61.6 Å². The normalized spacial score (nSPS) is 10.7. The van der Waals surface area contributed by atoms with Gasteiger partial charge in [0.05, 0.1) is 17.1 Å². The minimum atomic E-state index is -0.125. The van der Waals surface area contributed by atoms with Crippen molar-refractivity contribution in [2.45, 2.75) is 13.8 Å². The second kappa shape index (κ2) is 17.0. The van der Waals surface area contributed by atoms with Gasteiger partial charge in [-0.3, -0.25) is 14.8 Å². The third kappa shape index (κ3) is 9.00. The van der Waals surface area contributed by atoms with Crippen LogP contribution in [0.3, 0.4) is 0 Å². The summed E-state index contributed by atoms with van der Waals surface area (Å²) in [5, 5.41) is 8.36. The average molecular weight is 829 g/mol. The summed E-state index contributed by atoms with van der Waals surface area (Å²) in [4.78, 5) is 23.8. The van der Waals surface area contributed by atoms with E-state index in [4.69, 9.17) is 10.1 Å². The third-order valence-electron chi connectivity index (χ3n) is 7.79. The van der Waals surface area contributed by atoms with Crippen LogP contribution < -0.4 is 0 Å². The number of ketones is 1. The van der Waals surface area contributed by atoms with E-state index < -0.39 is 0 Å². The van der Waals surface area contributed by atoms with Crippen LogP contribution in [0, 0.1) is 6.07 Å². The van der Waals surface area contributed by atoms with Crippen molar-refractivity contribution in [3.63, 3.8) is 0 Å². The van der Waals surface area contributed by atoms with Crippen LogP contribution in [0.25, 0.3) is 67.2 Å². The van der Waals surface area contributed by atoms with E-state index in [1.54, 1.807) is 6.20 Å². The van der Waals surface area contributed by atoms with Crippen molar-refractivity contribution in [3.05, 3.63) is 176 Å². The third-order valence-corrected chi connectivity index (χ3v) is 7.79. The van der Waals surface area contributed by atoms with Crippen molar-refractivity contribution >= 4 is 5.78 Å². The molecule has 0 saturated carbocycles. The van der Waals surface area contributed by atoms with Crippen LogP contribution in [0.15, 0.2) is 170 Å². The number of allylic oxidation sites excluding steroid dienone is 2. The Balaban J connectivity index is 0.000000553. The molecular formula is C44H34IrN3O2-. The van der Waals surface area contributed by atoms with Crippen molar-refractivity contribution < 1.29 is 30.0 Å². The fourth-order valence-corrected chi connectivity index (χ4v) is 5.55. The number of benzene rings is 4. The molecule has 0 fully saturated rings. The fraction of sp³-hybridized carbons (Fsp3) is 0.0455. The Morgan fingerprint density at radius 3 is 1.76 bits per heavy atom. The fourth-order valence-electron chi connectivity index (χ4n) is 5.55. The first kappa shape index (κ1) is 35.5. The van der Waals surface area contributed by atoms with Gasteiger partial charge in [0.1, 0.15) is 0 Å². The van der Waals surface area contributed by atoms with Crippen LogP contribution in [-0.2, 0) is 24.9 Å². The molecule has 4 aromatic carbocycles. The number of aliphatic hydroxyl groups is 1. The number of hydrogen-bond acceptors (Lipinski definition) is 5. The predicted octanol–water partition coefficient (Wildman–Crippen LogP) is 10.7. The molecule has 0 aliphatic rings. The molecule has 0 amide bonds. The molecule has 1 N–H and O–H groups in total. The first-order valence-electron chi connectivity index (χ1n) is 15.9. The van der Waals surface area contributed by atoms with Gasteiger partial charge in [-0.25, -0.2) is 0 Å². The summed E-state index contributed by atoms with van der Waals surface area (Å²) >= 11 is 0. The molecule has 5 nitrogen and oxygen atoms in total. The topological polar surface area (TPSA) is 76.0 Å². The van der Waals surface area contributed by atoms with Gasteiger partial charge in [0.15, 0.2) is 5.78 Å². The van der Waals surface area contributed by atoms with Gasteiger partial charge in [-0.05, 0) is 100 Å². The van der Waals surface area contributed by atoms with Gasteiger partial charge in [-0.2, -0.15) is 0 Å². The van der Waals surface area contributed by atoms with Crippen LogP contribution in [0.1, 0.15) is 13.8 Å². The summed E-state index contributed by atoms with van der Waals surface area (Å²) in [7, 11) is 0. The minimum Gasteiger partial charge on any atom is -0.512 e. The molecule has 7 rings (SSSR count). The van der Waals surface area contributed by atoms with Crippen LogP contribution in [0.2, 0.25) is 0 Å². The van der Waals surface area contributed by atoms with Crippen LogP contribution in [0.4, 0.5) is 0 Å². The molecule has 6 heteroatoms. The minimum absolute atomic E-state index is 0. The Kier molecular flexibility index (Phi) is 12.1. The standard InChI is InChI=1S/C39H26N3.C5H8O2.Ir/c1-2-10-28(11-3-1)37-20-19-34(27-42-37)31-14-8-12-29(24-31)30-13-9-15-32(25-30)35-16-4-5-17-36(35)33-21-23-41-39(26-33)38-18-6-7-22-40-38;1-4(6)3-5(2)7;/h1-10,12-27H;3,6H,1-2H3;/q-1;;/b;4-3-;. The number of hydrogen-bond donors (Lipinski definition) is 1. The van der Waals surface area contributed by atoms with E-state index in [1.165, 1.54) is 25.5 Å². The summed E-state index contributed by atoms with van der Waals surface area (Å²) in [5.41, 5.74) is 12.8. The van der Waals surface area contributed by atoms with Gasteiger partial charge in [0, 0.05) is 44.8 Å². The molecule has 0 aliphatic carbocycles. The Morgan fingerprint density at radius 1 is 0.560 bits per heavy atom. The molecule has 1 radical (unpaired) electrons. The number of carbonyl (C=O) groups is 1. The van der Waals surface area contributed by atoms with Crippen molar-refractivity contribution in [1.82, 2.24) is 15.0 Å². The van der Waals surface area contributed by atoms with E-state index in [-0.39, 0.29) is 31.6 Å². The quantitative estimate of drug-likeness (QED) is 0.0984. The predicted molar refractivity (Wildman–Crippen MR) is 198 cm³/mol. The number of rotatable bonds is 7. The van der Waals surface area contributed by atoms with Crippen LogP contribution in [-0.4, -0.2) is 25.8 Å². The van der Waals surface area contributed by atoms with Crippen molar-refractivity contribution in [1.29, 1.82) is 0 Å². The van der Waals surface area contributed by atoms with Gasteiger partial charge < -0.3 is 10.1 Å². The molecule has 0 bridgehead atoms. The first-order chi connectivity index (χ1) is 23.9. The Hall–Kier alpha value is -5.81. The van der Waals surface area contributed by atoms with Gasteiger partial charge in [0.25, 0.3) is 0 Å². The molecule has 0 atom stereocenters. The zero-order chi connectivity index (χ0) is 34.0. The molecule has 0 unspecified atom stereocenters. The molecule has 247 valence electrons. The van der Waals surface area contributed by atoms with E-state index in [2.05, 4.69) is 113 Å². The summed E-state index contributed by atoms with van der Waals surface area (Å²) in [6.07, 6.45) is 6.76. The van der Waals surface area contributed by atoms with Crippen molar-refractivity contribution in [2.24, 2.45) is 0 Å². The monoisotopic (exact) mass is 829 g/mol. The molecule has 3 heterocycles. The van der Waals surface area contributed by atoms with Crippen LogP contribution in [0.5, 0.6) is 0 Å². The van der Waals surface area contributed by atoms with E-state index in [1.807, 2.05) is 54.9 Å². The number of carbonyl (C=O) groups excluding carboxylic acids is 1. The van der Waals surface area contributed by atoms with Gasteiger partial charge in [0.2, 0.25) is 0 Å². The SMILES string of the molecule is CC(=O)/C=C(/C)O.[Ir].[c-]1ccccc1-c1ccc(-c2cccc(-c3cccc(-c4ccccc4-c4ccnc(-c5ccccn5)c4)c3)c2)cn1. The zero-order valence-electron chi connectivity index (χ0n) is 27.6. The molecule has 0 saturated heterocycles. The van der Waals surface area contributed by atoms with E-state index >= 15 is 0 Å². The van der Waals surface area contributed by atoms with Gasteiger partial charge in [-0.1, -0.05) is 78.9 Å². The average Bonchev–Trinajstić information content (AvgIpc) is 3.15. The molecular weight excluding hydrogens is 795 g/mol. The largest absolute Gasteiger partial charge is 0.512 e. The summed E-state index contributed by atoms with van der Waals surface area (Å²) < 4.78 is 0. The van der Waals surface area contributed by atoms with Crippen molar-refractivity contribution in [3.8, 4) is 67.2 Å². The second-order valence-electron chi connectivity index (χ2n) is 11.5. The molecule has 0 aliphatic heterocycles. The summed E-state index contributed by atoms with van der Waals surface area (Å²) in [6.45, 7) is 2.85. The number of nitrogens with zero attached hydrogens (tertiary/aromatic N) is 3. The van der Waals surface area contributed by atoms with E-state index in [0.29, 0.717) is 0 Å². The smallest absolute Gasteiger partial charge is 0.155 e. The Bertz CT molecular complexity index is 2210. The van der Waals surface area contributed by atoms with Crippen molar-refractivity contribution in [2.75, 3.05) is 0 Å². The molecule has 7 aromatic rings. The van der Waals surface area contributed by atoms with Gasteiger partial charge in [-0.15, -0.1) is 35.9 Å².